The highest BCUT2D eigenvalue weighted by atomic mass is 19.4. The largest absolute Gasteiger partial charge is 0.471 e. The molecule has 1 saturated carbocycles. The average Bonchev–Trinajstić information content (AvgIpc) is 3.35. The number of anilines is 2. The fraction of sp³-hybridized carbons (Fsp3) is 0.444. The SMILES string of the molecule is N#CCC(=O)NCc1ccc(C(F)(F)F)c(Nc2nc3nc(OCC(F)F)c(C(=O)NC4CCC(C(F)(F)F)CC4)cc3[nH]2)c1. The second-order valence-corrected chi connectivity index (χ2v) is 10.2. The van der Waals surface area contributed by atoms with Crippen molar-refractivity contribution in [2.24, 2.45) is 5.92 Å². The molecule has 2 amide bonds. The fourth-order valence-electron chi connectivity index (χ4n) is 4.74. The number of pyridine rings is 1. The number of benzene rings is 1. The Bertz CT molecular complexity index is 1580. The van der Waals surface area contributed by atoms with Crippen molar-refractivity contribution in [3.8, 4) is 11.9 Å². The molecule has 1 fully saturated rings. The van der Waals surface area contributed by atoms with Crippen molar-refractivity contribution in [2.45, 2.75) is 63.5 Å². The van der Waals surface area contributed by atoms with Gasteiger partial charge in [0.05, 0.1) is 28.8 Å². The number of amides is 2. The van der Waals surface area contributed by atoms with Gasteiger partial charge in [0, 0.05) is 12.6 Å². The highest BCUT2D eigenvalue weighted by Gasteiger charge is 2.41. The lowest BCUT2D eigenvalue weighted by molar-refractivity contribution is -0.182. The standard InChI is InChI=1S/C27H25F8N7O3/c28-20(29)12-45-24-16(23(44)38-15-4-2-14(3-5-15)26(30,31)32)10-19-22(41-24)42-25(40-19)39-18-9-13(11-37-21(43)7-8-36)1-6-17(18)27(33,34)35/h1,6,9-10,14-15,20H,2-5,7,11-12H2,(H,37,43)(H,38,44)(H2,39,40,41,42). The zero-order valence-corrected chi connectivity index (χ0v) is 23.1. The Morgan fingerprint density at radius 2 is 1.78 bits per heavy atom. The number of nitrogens with zero attached hydrogens (tertiary/aromatic N) is 3. The molecule has 18 heteroatoms. The molecule has 0 bridgehead atoms. The number of rotatable bonds is 10. The van der Waals surface area contributed by atoms with Crippen LogP contribution in [0.2, 0.25) is 0 Å². The predicted octanol–water partition coefficient (Wildman–Crippen LogP) is 5.74. The number of alkyl halides is 8. The minimum Gasteiger partial charge on any atom is -0.471 e. The molecule has 2 aromatic heterocycles. The second-order valence-electron chi connectivity index (χ2n) is 10.2. The molecule has 4 N–H and O–H groups in total. The minimum atomic E-state index is -4.81. The third-order valence-corrected chi connectivity index (χ3v) is 6.93. The summed E-state index contributed by atoms with van der Waals surface area (Å²) in [5.74, 6) is -3.83. The molecular formula is C27H25F8N7O3. The van der Waals surface area contributed by atoms with Crippen molar-refractivity contribution >= 4 is 34.6 Å². The second kappa shape index (κ2) is 13.5. The highest BCUT2D eigenvalue weighted by molar-refractivity contribution is 5.99. The van der Waals surface area contributed by atoms with Gasteiger partial charge in [0.15, 0.2) is 12.3 Å². The van der Waals surface area contributed by atoms with Gasteiger partial charge in [-0.2, -0.15) is 41.6 Å². The summed E-state index contributed by atoms with van der Waals surface area (Å²) in [4.78, 5) is 35.3. The summed E-state index contributed by atoms with van der Waals surface area (Å²) in [6, 6.07) is 5.14. The summed E-state index contributed by atoms with van der Waals surface area (Å²) in [6.45, 7) is -1.34. The van der Waals surface area contributed by atoms with Crippen LogP contribution in [0.3, 0.4) is 0 Å². The van der Waals surface area contributed by atoms with Crippen molar-refractivity contribution in [3.05, 3.63) is 41.0 Å². The molecule has 242 valence electrons. The molecule has 0 spiro atoms. The van der Waals surface area contributed by atoms with Gasteiger partial charge in [-0.05, 0) is 49.4 Å². The quantitative estimate of drug-likeness (QED) is 0.205. The van der Waals surface area contributed by atoms with E-state index >= 15 is 0 Å². The summed E-state index contributed by atoms with van der Waals surface area (Å²) in [5, 5.41) is 16.0. The monoisotopic (exact) mass is 647 g/mol. The van der Waals surface area contributed by atoms with E-state index in [9.17, 15) is 44.7 Å². The Balaban J connectivity index is 1.60. The van der Waals surface area contributed by atoms with Crippen LogP contribution in [-0.4, -0.2) is 52.0 Å². The summed E-state index contributed by atoms with van der Waals surface area (Å²) >= 11 is 0. The van der Waals surface area contributed by atoms with Crippen LogP contribution >= 0.6 is 0 Å². The number of nitriles is 1. The van der Waals surface area contributed by atoms with E-state index in [0.717, 1.165) is 24.3 Å². The molecule has 0 unspecified atom stereocenters. The summed E-state index contributed by atoms with van der Waals surface area (Å²) in [5.41, 5.74) is -1.88. The number of halogens is 8. The van der Waals surface area contributed by atoms with Crippen molar-refractivity contribution in [1.82, 2.24) is 25.6 Å². The first-order valence-corrected chi connectivity index (χ1v) is 13.4. The van der Waals surface area contributed by atoms with Crippen LogP contribution in [0.5, 0.6) is 5.88 Å². The predicted molar refractivity (Wildman–Crippen MR) is 141 cm³/mol. The molecule has 0 atom stereocenters. The smallest absolute Gasteiger partial charge is 0.418 e. The fourth-order valence-corrected chi connectivity index (χ4v) is 4.74. The van der Waals surface area contributed by atoms with Gasteiger partial charge in [0.25, 0.3) is 12.3 Å². The number of hydrogen-bond donors (Lipinski definition) is 4. The number of fused-ring (bicyclic) bond motifs is 1. The lowest BCUT2D eigenvalue weighted by atomic mass is 9.85. The van der Waals surface area contributed by atoms with E-state index in [1.165, 1.54) is 0 Å². The number of hydrogen-bond acceptors (Lipinski definition) is 7. The van der Waals surface area contributed by atoms with E-state index in [1.807, 2.05) is 0 Å². The molecule has 45 heavy (non-hydrogen) atoms. The molecule has 4 rings (SSSR count). The van der Waals surface area contributed by atoms with Crippen LogP contribution in [0, 0.1) is 17.2 Å². The first-order chi connectivity index (χ1) is 21.1. The molecule has 3 aromatic rings. The van der Waals surface area contributed by atoms with E-state index < -0.39 is 72.7 Å². The van der Waals surface area contributed by atoms with Gasteiger partial charge >= 0.3 is 12.4 Å². The molecule has 0 radical (unpaired) electrons. The maximum atomic E-state index is 13.8. The van der Waals surface area contributed by atoms with Crippen LogP contribution in [0.1, 0.15) is 53.6 Å². The van der Waals surface area contributed by atoms with Crippen molar-refractivity contribution < 1.29 is 49.4 Å². The molecule has 2 heterocycles. The molecule has 1 aliphatic rings. The van der Waals surface area contributed by atoms with E-state index in [-0.39, 0.29) is 60.5 Å². The average molecular weight is 648 g/mol. The lowest BCUT2D eigenvalue weighted by Crippen LogP contribution is -2.40. The van der Waals surface area contributed by atoms with Gasteiger partial charge < -0.3 is 25.7 Å². The van der Waals surface area contributed by atoms with E-state index in [0.29, 0.717) is 0 Å². The normalized spacial score (nSPS) is 17.2. The third kappa shape index (κ3) is 8.70. The summed E-state index contributed by atoms with van der Waals surface area (Å²) < 4.78 is 111. The number of carbonyl (C=O) groups excluding carboxylic acids is 2. The first kappa shape index (κ1) is 33.2. The number of carbonyl (C=O) groups is 2. The van der Waals surface area contributed by atoms with Gasteiger partial charge in [-0.25, -0.2) is 8.78 Å². The van der Waals surface area contributed by atoms with E-state index in [2.05, 4.69) is 30.9 Å². The third-order valence-electron chi connectivity index (χ3n) is 6.93. The van der Waals surface area contributed by atoms with Gasteiger partial charge in [-0.1, -0.05) is 6.07 Å². The molecule has 10 nitrogen and oxygen atoms in total. The minimum absolute atomic E-state index is 0.00121. The maximum absolute atomic E-state index is 13.8. The van der Waals surface area contributed by atoms with Crippen LogP contribution in [0.15, 0.2) is 24.3 Å². The van der Waals surface area contributed by atoms with E-state index in [4.69, 9.17) is 10.00 Å². The molecular weight excluding hydrogens is 622 g/mol. The summed E-state index contributed by atoms with van der Waals surface area (Å²) in [7, 11) is 0. The highest BCUT2D eigenvalue weighted by Crippen LogP contribution is 2.38. The number of nitrogens with one attached hydrogen (secondary N) is 4. The zero-order valence-electron chi connectivity index (χ0n) is 23.1. The topological polar surface area (TPSA) is 145 Å². The first-order valence-electron chi connectivity index (χ1n) is 13.4. The Labute approximate surface area is 249 Å². The number of ether oxygens (including phenoxy) is 1. The zero-order chi connectivity index (χ0) is 32.9. The Morgan fingerprint density at radius 1 is 1.07 bits per heavy atom. The number of imidazole rings is 1. The van der Waals surface area contributed by atoms with Gasteiger partial charge in [-0.3, -0.25) is 9.59 Å². The molecule has 1 aromatic carbocycles. The Morgan fingerprint density at radius 3 is 2.40 bits per heavy atom. The Kier molecular flexibility index (Phi) is 9.98. The lowest BCUT2D eigenvalue weighted by Gasteiger charge is -2.30. The number of aromatic nitrogens is 3. The maximum Gasteiger partial charge on any atom is 0.418 e. The van der Waals surface area contributed by atoms with Gasteiger partial charge in [0.1, 0.15) is 12.0 Å². The van der Waals surface area contributed by atoms with E-state index in [1.54, 1.807) is 6.07 Å². The van der Waals surface area contributed by atoms with Crippen molar-refractivity contribution in [1.29, 1.82) is 5.26 Å². The Hall–Kier alpha value is -4.69. The van der Waals surface area contributed by atoms with Crippen LogP contribution < -0.4 is 20.7 Å². The number of aromatic amines is 1. The van der Waals surface area contributed by atoms with Crippen molar-refractivity contribution in [3.63, 3.8) is 0 Å². The van der Waals surface area contributed by atoms with Gasteiger partial charge in [0.2, 0.25) is 17.7 Å². The van der Waals surface area contributed by atoms with Crippen LogP contribution in [0.4, 0.5) is 46.8 Å². The molecule has 0 aliphatic heterocycles. The van der Waals surface area contributed by atoms with Crippen LogP contribution in [-0.2, 0) is 17.5 Å². The van der Waals surface area contributed by atoms with Crippen LogP contribution in [0.25, 0.3) is 11.2 Å². The van der Waals surface area contributed by atoms with Gasteiger partial charge in [-0.15, -0.1) is 0 Å². The summed E-state index contributed by atoms with van der Waals surface area (Å²) in [6.07, 6.45) is -12.9. The van der Waals surface area contributed by atoms with Crippen molar-refractivity contribution in [2.75, 3.05) is 11.9 Å². The molecule has 0 saturated heterocycles. The molecule has 1 aliphatic carbocycles. The number of H-pyrrole nitrogens is 1.